The second-order valence-electron chi connectivity index (χ2n) is 3.56. The van der Waals surface area contributed by atoms with E-state index >= 15 is 0 Å². The Hall–Kier alpha value is -0.520. The largest absolute Gasteiger partial charge is 0.355 e. The van der Waals surface area contributed by atoms with Crippen molar-refractivity contribution in [2.45, 2.75) is 13.3 Å². The number of aryl methyl sites for hydroxylation is 1. The minimum absolute atomic E-state index is 0.0832. The van der Waals surface area contributed by atoms with E-state index in [-0.39, 0.29) is 5.91 Å². The maximum atomic E-state index is 11.6. The van der Waals surface area contributed by atoms with Gasteiger partial charge in [0, 0.05) is 26.6 Å². The molecule has 2 nitrogen and oxygen atoms in total. The topological polar surface area (TPSA) is 29.1 Å². The van der Waals surface area contributed by atoms with Gasteiger partial charge >= 0.3 is 0 Å². The Kier molecular flexibility index (Phi) is 3.89. The molecule has 0 saturated heterocycles. The van der Waals surface area contributed by atoms with Crippen molar-refractivity contribution in [3.63, 3.8) is 0 Å². The third-order valence-electron chi connectivity index (χ3n) is 2.23. The lowest BCUT2D eigenvalue weighted by Gasteiger charge is -2.01. The van der Waals surface area contributed by atoms with Gasteiger partial charge in [-0.25, -0.2) is 0 Å². The monoisotopic (exact) mass is 271 g/mol. The van der Waals surface area contributed by atoms with Crippen LogP contribution in [0.4, 0.5) is 0 Å². The summed E-state index contributed by atoms with van der Waals surface area (Å²) in [5.74, 6) is 0.767. The maximum absolute atomic E-state index is 11.6. The molecule has 0 saturated carbocycles. The first kappa shape index (κ1) is 12.0. The van der Waals surface area contributed by atoms with Crippen LogP contribution < -0.4 is 5.32 Å². The molecular weight excluding hydrogens is 258 g/mol. The summed E-state index contributed by atoms with van der Waals surface area (Å²) in [6.07, 6.45) is 0.480. The maximum Gasteiger partial charge on any atom is 0.224 e. The first-order valence-electron chi connectivity index (χ1n) is 5.05. The Labute approximate surface area is 108 Å². The van der Waals surface area contributed by atoms with Crippen molar-refractivity contribution in [3.8, 4) is 0 Å². The highest BCUT2D eigenvalue weighted by atomic mass is 32.1. The number of hydrogen-bond acceptors (Lipinski definition) is 4. The summed E-state index contributed by atoms with van der Waals surface area (Å²) in [5.41, 5.74) is 1.15. The third kappa shape index (κ3) is 2.59. The van der Waals surface area contributed by atoms with Crippen LogP contribution in [0.3, 0.4) is 0 Å². The first-order chi connectivity index (χ1) is 7.70. The molecular formula is C11H13NOS3. The smallest absolute Gasteiger partial charge is 0.224 e. The molecule has 0 bridgehead atoms. The fourth-order valence-electron chi connectivity index (χ4n) is 1.54. The molecule has 2 rings (SSSR count). The zero-order valence-electron chi connectivity index (χ0n) is 8.95. The molecule has 0 spiro atoms. The molecule has 0 fully saturated rings. The molecule has 86 valence electrons. The molecule has 2 aromatic rings. The van der Waals surface area contributed by atoms with Gasteiger partial charge in [0.05, 0.1) is 6.42 Å². The highest BCUT2D eigenvalue weighted by molar-refractivity contribution is 7.80. The first-order valence-corrected chi connectivity index (χ1v) is 7.37. The van der Waals surface area contributed by atoms with Gasteiger partial charge in [-0.3, -0.25) is 4.79 Å². The van der Waals surface area contributed by atoms with Gasteiger partial charge in [-0.1, -0.05) is 0 Å². The van der Waals surface area contributed by atoms with Gasteiger partial charge in [-0.2, -0.15) is 12.6 Å². The number of rotatable bonds is 4. The van der Waals surface area contributed by atoms with Crippen LogP contribution in [-0.2, 0) is 11.2 Å². The van der Waals surface area contributed by atoms with Crippen LogP contribution in [0, 0.1) is 6.92 Å². The predicted octanol–water partition coefficient (Wildman–Crippen LogP) is 2.86. The second kappa shape index (κ2) is 5.21. The summed E-state index contributed by atoms with van der Waals surface area (Å²) in [5, 5.41) is 4.92. The van der Waals surface area contributed by atoms with Crippen LogP contribution in [-0.4, -0.2) is 18.2 Å². The Morgan fingerprint density at radius 2 is 2.38 bits per heavy atom. The normalized spacial score (nSPS) is 10.9. The summed E-state index contributed by atoms with van der Waals surface area (Å²) < 4.78 is 2.56. The molecule has 0 aromatic carbocycles. The van der Waals surface area contributed by atoms with Crippen molar-refractivity contribution in [2.24, 2.45) is 0 Å². The number of nitrogens with one attached hydrogen (secondary N) is 1. The Morgan fingerprint density at radius 1 is 1.56 bits per heavy atom. The number of carbonyl (C=O) groups is 1. The molecule has 16 heavy (non-hydrogen) atoms. The van der Waals surface area contributed by atoms with E-state index in [4.69, 9.17) is 0 Å². The van der Waals surface area contributed by atoms with E-state index in [1.165, 1.54) is 14.3 Å². The van der Waals surface area contributed by atoms with E-state index in [0.717, 1.165) is 5.56 Å². The minimum atomic E-state index is 0.0832. The molecule has 0 unspecified atom stereocenters. The van der Waals surface area contributed by atoms with Gasteiger partial charge in [-0.15, -0.1) is 22.7 Å². The molecule has 0 aliphatic rings. The molecule has 0 atom stereocenters. The third-order valence-corrected chi connectivity index (χ3v) is 4.68. The standard InChI is InChI=1S/C11H13NOS3/c1-7-4-9-11(16-7)8(6-15-9)5-10(13)12-2-3-14/h4,6,14H,2-3,5H2,1H3,(H,12,13). The lowest BCUT2D eigenvalue weighted by molar-refractivity contribution is -0.120. The zero-order chi connectivity index (χ0) is 11.5. The number of hydrogen-bond donors (Lipinski definition) is 2. The van der Waals surface area contributed by atoms with E-state index in [9.17, 15) is 4.79 Å². The number of carbonyl (C=O) groups excluding carboxylic acids is 1. The van der Waals surface area contributed by atoms with Gasteiger partial charge in [-0.05, 0) is 23.9 Å². The fourth-order valence-corrected chi connectivity index (χ4v) is 3.95. The lowest BCUT2D eigenvalue weighted by Crippen LogP contribution is -2.26. The van der Waals surface area contributed by atoms with E-state index in [1.54, 1.807) is 22.7 Å². The average molecular weight is 271 g/mol. The van der Waals surface area contributed by atoms with Gasteiger partial charge in [0.25, 0.3) is 0 Å². The SMILES string of the molecule is Cc1cc2scc(CC(=O)NCCS)c2s1. The minimum Gasteiger partial charge on any atom is -0.355 e. The Bertz CT molecular complexity index is 500. The van der Waals surface area contributed by atoms with Crippen LogP contribution in [0.2, 0.25) is 0 Å². The molecule has 0 aliphatic carbocycles. The molecule has 2 heterocycles. The summed E-state index contributed by atoms with van der Waals surface area (Å²) in [7, 11) is 0. The lowest BCUT2D eigenvalue weighted by atomic mass is 10.2. The van der Waals surface area contributed by atoms with Crippen molar-refractivity contribution in [2.75, 3.05) is 12.3 Å². The van der Waals surface area contributed by atoms with Crippen molar-refractivity contribution < 1.29 is 4.79 Å². The summed E-state index contributed by atoms with van der Waals surface area (Å²) in [4.78, 5) is 12.9. The van der Waals surface area contributed by atoms with E-state index in [1.807, 2.05) is 0 Å². The van der Waals surface area contributed by atoms with E-state index < -0.39 is 0 Å². The second-order valence-corrected chi connectivity index (χ2v) is 6.18. The molecule has 5 heteroatoms. The van der Waals surface area contributed by atoms with Crippen LogP contribution in [0.25, 0.3) is 9.40 Å². The fraction of sp³-hybridized carbons (Fsp3) is 0.364. The van der Waals surface area contributed by atoms with Gasteiger partial charge < -0.3 is 5.32 Å². The van der Waals surface area contributed by atoms with Crippen molar-refractivity contribution in [1.29, 1.82) is 0 Å². The van der Waals surface area contributed by atoms with Gasteiger partial charge in [0.2, 0.25) is 5.91 Å². The predicted molar refractivity (Wildman–Crippen MR) is 75.0 cm³/mol. The molecule has 1 amide bonds. The van der Waals surface area contributed by atoms with Crippen LogP contribution in [0.15, 0.2) is 11.4 Å². The summed E-state index contributed by atoms with van der Waals surface area (Å²) in [6, 6.07) is 2.18. The zero-order valence-corrected chi connectivity index (χ0v) is 11.5. The Morgan fingerprint density at radius 3 is 3.12 bits per heavy atom. The average Bonchev–Trinajstić information content (AvgIpc) is 2.76. The van der Waals surface area contributed by atoms with Crippen molar-refractivity contribution in [1.82, 2.24) is 5.32 Å². The Balaban J connectivity index is 2.11. The van der Waals surface area contributed by atoms with Crippen molar-refractivity contribution >= 4 is 50.6 Å². The van der Waals surface area contributed by atoms with E-state index in [2.05, 4.69) is 36.3 Å². The number of thiol groups is 1. The number of amides is 1. The molecule has 0 radical (unpaired) electrons. The summed E-state index contributed by atoms with van der Waals surface area (Å²) in [6.45, 7) is 2.74. The molecule has 2 aromatic heterocycles. The number of fused-ring (bicyclic) bond motifs is 1. The summed E-state index contributed by atoms with van der Waals surface area (Å²) >= 11 is 7.54. The van der Waals surface area contributed by atoms with E-state index in [0.29, 0.717) is 18.7 Å². The number of thiophene rings is 2. The molecule has 0 aliphatic heterocycles. The highest BCUT2D eigenvalue weighted by Gasteiger charge is 2.10. The van der Waals surface area contributed by atoms with Gasteiger partial charge in [0.15, 0.2) is 0 Å². The quantitative estimate of drug-likeness (QED) is 0.823. The van der Waals surface area contributed by atoms with Crippen LogP contribution in [0.5, 0.6) is 0 Å². The van der Waals surface area contributed by atoms with Crippen molar-refractivity contribution in [3.05, 3.63) is 21.9 Å². The molecule has 1 N–H and O–H groups in total. The van der Waals surface area contributed by atoms with Crippen LogP contribution >= 0.6 is 35.3 Å². The van der Waals surface area contributed by atoms with Crippen LogP contribution in [0.1, 0.15) is 10.4 Å². The highest BCUT2D eigenvalue weighted by Crippen LogP contribution is 2.33. The van der Waals surface area contributed by atoms with Gasteiger partial charge in [0.1, 0.15) is 0 Å².